The van der Waals surface area contributed by atoms with Crippen LogP contribution in [0.1, 0.15) is 43.7 Å². The van der Waals surface area contributed by atoms with Gasteiger partial charge in [0.1, 0.15) is 5.75 Å². The number of nitrogens with zero attached hydrogens (tertiary/aromatic N) is 3. The summed E-state index contributed by atoms with van der Waals surface area (Å²) < 4.78 is 10.6. The van der Waals surface area contributed by atoms with E-state index in [0.717, 1.165) is 49.2 Å². The van der Waals surface area contributed by atoms with E-state index < -0.39 is 0 Å². The van der Waals surface area contributed by atoms with Crippen molar-refractivity contribution in [3.8, 4) is 17.1 Å². The van der Waals surface area contributed by atoms with Gasteiger partial charge in [-0.15, -0.1) is 0 Å². The summed E-state index contributed by atoms with van der Waals surface area (Å²) in [6.07, 6.45) is 2.54. The highest BCUT2D eigenvalue weighted by Gasteiger charge is 2.27. The number of aromatic nitrogens is 2. The van der Waals surface area contributed by atoms with Crippen molar-refractivity contribution in [2.24, 2.45) is 5.92 Å². The van der Waals surface area contributed by atoms with E-state index in [9.17, 15) is 4.79 Å². The van der Waals surface area contributed by atoms with E-state index in [1.165, 1.54) is 0 Å². The Morgan fingerprint density at radius 2 is 1.88 bits per heavy atom. The molecule has 0 bridgehead atoms. The van der Waals surface area contributed by atoms with Gasteiger partial charge in [-0.25, -0.2) is 0 Å². The van der Waals surface area contributed by atoms with Crippen LogP contribution in [-0.2, 0) is 11.3 Å². The second kappa shape index (κ2) is 10.4. The zero-order chi connectivity index (χ0) is 22.3. The van der Waals surface area contributed by atoms with E-state index in [4.69, 9.17) is 9.26 Å². The number of methoxy groups -OCH3 is 1. The minimum absolute atomic E-state index is 0.0431. The van der Waals surface area contributed by atoms with Gasteiger partial charge in [0.2, 0.25) is 17.6 Å². The summed E-state index contributed by atoms with van der Waals surface area (Å²) in [6, 6.07) is 17.8. The number of hydrogen-bond acceptors (Lipinski definition) is 6. The van der Waals surface area contributed by atoms with Crippen molar-refractivity contribution >= 4 is 5.91 Å². The molecule has 4 rings (SSSR count). The van der Waals surface area contributed by atoms with Crippen LogP contribution in [-0.4, -0.2) is 41.1 Å². The Morgan fingerprint density at radius 1 is 1.16 bits per heavy atom. The Balaban J connectivity index is 1.27. The van der Waals surface area contributed by atoms with Crippen LogP contribution in [0, 0.1) is 5.92 Å². The van der Waals surface area contributed by atoms with Gasteiger partial charge in [-0.1, -0.05) is 42.4 Å². The van der Waals surface area contributed by atoms with Crippen molar-refractivity contribution in [1.29, 1.82) is 0 Å². The lowest BCUT2D eigenvalue weighted by atomic mass is 9.94. The van der Waals surface area contributed by atoms with E-state index in [2.05, 4.69) is 39.4 Å². The van der Waals surface area contributed by atoms with Crippen molar-refractivity contribution in [3.05, 3.63) is 66.1 Å². The molecule has 1 aliphatic heterocycles. The number of likely N-dealkylation sites (tertiary alicyclic amines) is 1. The maximum absolute atomic E-state index is 12.8. The quantitative estimate of drug-likeness (QED) is 0.572. The third kappa shape index (κ3) is 5.34. The number of carbonyl (C=O) groups is 1. The first-order valence-corrected chi connectivity index (χ1v) is 11.2. The third-order valence-electron chi connectivity index (χ3n) is 6.06. The highest BCUT2D eigenvalue weighted by atomic mass is 16.5. The maximum atomic E-state index is 12.8. The first-order chi connectivity index (χ1) is 15.7. The average molecular weight is 435 g/mol. The van der Waals surface area contributed by atoms with Crippen molar-refractivity contribution in [3.63, 3.8) is 0 Å². The Bertz CT molecular complexity index is 996. The first kappa shape index (κ1) is 22.0. The SMILES string of the molecule is CCC(NC(=O)C1CCN(Cc2nc(-c3ccc(OC)cc3)no2)CC1)c1ccccc1. The molecule has 2 aromatic carbocycles. The fourth-order valence-corrected chi connectivity index (χ4v) is 4.12. The molecule has 0 aliphatic carbocycles. The molecule has 1 aliphatic rings. The lowest BCUT2D eigenvalue weighted by Crippen LogP contribution is -2.41. The molecule has 7 nitrogen and oxygen atoms in total. The molecule has 168 valence electrons. The number of benzene rings is 2. The zero-order valence-electron chi connectivity index (χ0n) is 18.7. The molecule has 2 heterocycles. The molecule has 1 fully saturated rings. The number of amides is 1. The monoisotopic (exact) mass is 434 g/mol. The molecule has 3 aromatic rings. The highest BCUT2D eigenvalue weighted by molar-refractivity contribution is 5.79. The van der Waals surface area contributed by atoms with Gasteiger partial charge in [0, 0.05) is 11.5 Å². The van der Waals surface area contributed by atoms with Crippen molar-refractivity contribution in [1.82, 2.24) is 20.4 Å². The molecule has 1 aromatic heterocycles. The largest absolute Gasteiger partial charge is 0.497 e. The Hall–Kier alpha value is -3.19. The summed E-state index contributed by atoms with van der Waals surface area (Å²) >= 11 is 0. The van der Waals surface area contributed by atoms with E-state index in [-0.39, 0.29) is 17.9 Å². The van der Waals surface area contributed by atoms with Gasteiger partial charge in [0.15, 0.2) is 0 Å². The van der Waals surface area contributed by atoms with Crippen LogP contribution in [0.5, 0.6) is 5.75 Å². The van der Waals surface area contributed by atoms with Gasteiger partial charge in [-0.05, 0) is 62.2 Å². The smallest absolute Gasteiger partial charge is 0.241 e. The molecule has 32 heavy (non-hydrogen) atoms. The van der Waals surface area contributed by atoms with Gasteiger partial charge in [-0.2, -0.15) is 4.98 Å². The Labute approximate surface area is 188 Å². The number of piperidine rings is 1. The minimum Gasteiger partial charge on any atom is -0.497 e. The summed E-state index contributed by atoms with van der Waals surface area (Å²) in [6.45, 7) is 4.37. The van der Waals surface area contributed by atoms with Crippen molar-refractivity contribution < 1.29 is 14.1 Å². The standard InChI is InChI=1S/C25H30N4O3/c1-3-22(18-7-5-4-6-8-18)26-25(30)20-13-15-29(16-14-20)17-23-27-24(28-32-23)19-9-11-21(31-2)12-10-19/h4-12,20,22H,3,13-17H2,1-2H3,(H,26,30). The maximum Gasteiger partial charge on any atom is 0.241 e. The first-order valence-electron chi connectivity index (χ1n) is 11.2. The van der Waals surface area contributed by atoms with Gasteiger partial charge >= 0.3 is 0 Å². The van der Waals surface area contributed by atoms with E-state index in [1.807, 2.05) is 42.5 Å². The summed E-state index contributed by atoms with van der Waals surface area (Å²) in [5, 5.41) is 7.34. The molecule has 1 unspecified atom stereocenters. The molecule has 1 amide bonds. The molecule has 1 atom stereocenters. The molecule has 1 N–H and O–H groups in total. The Kier molecular flexibility index (Phi) is 7.17. The number of hydrogen-bond donors (Lipinski definition) is 1. The fraction of sp³-hybridized carbons (Fsp3) is 0.400. The van der Waals surface area contributed by atoms with Gasteiger partial charge in [0.05, 0.1) is 19.7 Å². The van der Waals surface area contributed by atoms with Crippen molar-refractivity contribution in [2.45, 2.75) is 38.8 Å². The van der Waals surface area contributed by atoms with Crippen LogP contribution in [0.4, 0.5) is 0 Å². The van der Waals surface area contributed by atoms with Crippen LogP contribution in [0.15, 0.2) is 59.1 Å². The van der Waals surface area contributed by atoms with Gasteiger partial charge < -0.3 is 14.6 Å². The van der Waals surface area contributed by atoms with Crippen molar-refractivity contribution in [2.75, 3.05) is 20.2 Å². The molecule has 1 saturated heterocycles. The van der Waals surface area contributed by atoms with E-state index in [1.54, 1.807) is 7.11 Å². The molecular formula is C25H30N4O3. The van der Waals surface area contributed by atoms with Crippen LogP contribution in [0.2, 0.25) is 0 Å². The van der Waals surface area contributed by atoms with Gasteiger partial charge in [0.25, 0.3) is 0 Å². The fourth-order valence-electron chi connectivity index (χ4n) is 4.12. The summed E-state index contributed by atoms with van der Waals surface area (Å²) in [5.74, 6) is 2.15. The van der Waals surface area contributed by atoms with E-state index in [0.29, 0.717) is 18.3 Å². The summed E-state index contributed by atoms with van der Waals surface area (Å²) in [5.41, 5.74) is 2.05. The molecule has 7 heteroatoms. The highest BCUT2D eigenvalue weighted by Crippen LogP contribution is 2.23. The molecule has 0 radical (unpaired) electrons. The predicted molar refractivity (Wildman–Crippen MR) is 122 cm³/mol. The number of nitrogens with one attached hydrogen (secondary N) is 1. The normalized spacial score (nSPS) is 15.9. The number of rotatable bonds is 8. The van der Waals surface area contributed by atoms with Crippen LogP contribution >= 0.6 is 0 Å². The predicted octanol–water partition coefficient (Wildman–Crippen LogP) is 4.22. The van der Waals surface area contributed by atoms with Gasteiger partial charge in [-0.3, -0.25) is 9.69 Å². The second-order valence-corrected chi connectivity index (χ2v) is 8.17. The topological polar surface area (TPSA) is 80.5 Å². The lowest BCUT2D eigenvalue weighted by molar-refractivity contribution is -0.127. The third-order valence-corrected chi connectivity index (χ3v) is 6.06. The molecule has 0 spiro atoms. The number of ether oxygens (including phenoxy) is 1. The lowest BCUT2D eigenvalue weighted by Gasteiger charge is -2.31. The zero-order valence-corrected chi connectivity index (χ0v) is 18.7. The van der Waals surface area contributed by atoms with Crippen LogP contribution < -0.4 is 10.1 Å². The second-order valence-electron chi connectivity index (χ2n) is 8.17. The van der Waals surface area contributed by atoms with E-state index >= 15 is 0 Å². The summed E-state index contributed by atoms with van der Waals surface area (Å²) in [4.78, 5) is 19.6. The number of carbonyl (C=O) groups excluding carboxylic acids is 1. The molecule has 0 saturated carbocycles. The average Bonchev–Trinajstić information content (AvgIpc) is 3.32. The van der Waals surface area contributed by atoms with Crippen LogP contribution in [0.25, 0.3) is 11.4 Å². The summed E-state index contributed by atoms with van der Waals surface area (Å²) in [7, 11) is 1.64. The minimum atomic E-state index is 0.0431. The molecular weight excluding hydrogens is 404 g/mol. The van der Waals surface area contributed by atoms with Crippen LogP contribution in [0.3, 0.4) is 0 Å². The Morgan fingerprint density at radius 3 is 2.53 bits per heavy atom.